The molecule has 0 aromatic heterocycles. The van der Waals surface area contributed by atoms with E-state index in [-0.39, 0.29) is 6.10 Å². The normalized spacial score (nSPS) is 13.0. The Labute approximate surface area is 119 Å². The average Bonchev–Trinajstić information content (AvgIpc) is 2.29. The van der Waals surface area contributed by atoms with E-state index in [4.69, 9.17) is 36.8 Å². The van der Waals surface area contributed by atoms with Crippen LogP contribution in [-0.2, 0) is 13.6 Å². The van der Waals surface area contributed by atoms with Crippen LogP contribution in [0, 0.1) is 0 Å². The average molecular weight is 311 g/mol. The first-order valence-electron chi connectivity index (χ1n) is 5.76. The summed E-state index contributed by atoms with van der Waals surface area (Å²) in [6.07, 6.45) is -0.209. The Morgan fingerprint density at radius 2 is 1.78 bits per heavy atom. The molecule has 1 rings (SSSR count). The van der Waals surface area contributed by atoms with Crippen LogP contribution in [0.25, 0.3) is 0 Å². The Kier molecular flexibility index (Phi) is 7.47. The van der Waals surface area contributed by atoms with Crippen LogP contribution in [0.3, 0.4) is 0 Å². The van der Waals surface area contributed by atoms with Crippen LogP contribution in [0.4, 0.5) is 0 Å². The predicted molar refractivity (Wildman–Crippen MR) is 76.1 cm³/mol. The molecule has 0 aliphatic heterocycles. The zero-order valence-electron chi connectivity index (χ0n) is 10.7. The largest absolute Gasteiger partial charge is 0.333 e. The molecule has 1 unspecified atom stereocenters. The summed E-state index contributed by atoms with van der Waals surface area (Å²) in [5.74, 6) is 0. The predicted octanol–water partition coefficient (Wildman–Crippen LogP) is 5.37. The molecule has 0 bridgehead atoms. The summed E-state index contributed by atoms with van der Waals surface area (Å²) >= 11 is 12.0. The molecule has 0 aliphatic rings. The van der Waals surface area contributed by atoms with E-state index in [9.17, 15) is 0 Å². The Morgan fingerprint density at radius 1 is 1.17 bits per heavy atom. The molecule has 1 aromatic carbocycles. The molecular weight excluding hydrogens is 294 g/mol. The molecule has 6 heteroatoms. The van der Waals surface area contributed by atoms with Crippen LogP contribution in [0.5, 0.6) is 0 Å². The highest BCUT2D eigenvalue weighted by Crippen LogP contribution is 2.45. The molecule has 0 amide bonds. The first-order chi connectivity index (χ1) is 8.58. The molecule has 0 radical (unpaired) electrons. The van der Waals surface area contributed by atoms with E-state index in [1.54, 1.807) is 12.1 Å². The smallest absolute Gasteiger partial charge is 0.313 e. The standard InChI is InChI=1S/C12H17Cl2O3P/c1-4-15-18(16-5-2)17-9(3)11-7-6-10(13)8-12(11)14/h6-9H,4-5H2,1-3H3. The highest BCUT2D eigenvalue weighted by molar-refractivity contribution is 7.41. The summed E-state index contributed by atoms with van der Waals surface area (Å²) in [5.41, 5.74) is 0.868. The number of rotatable bonds is 7. The summed E-state index contributed by atoms with van der Waals surface area (Å²) < 4.78 is 16.5. The maximum Gasteiger partial charge on any atom is 0.333 e. The summed E-state index contributed by atoms with van der Waals surface area (Å²) in [7, 11) is -1.34. The van der Waals surface area contributed by atoms with Gasteiger partial charge in [0.1, 0.15) is 0 Å². The molecule has 102 valence electrons. The molecule has 1 aromatic rings. The highest BCUT2D eigenvalue weighted by Gasteiger charge is 2.18. The van der Waals surface area contributed by atoms with E-state index in [2.05, 4.69) is 0 Å². The molecule has 0 fully saturated rings. The molecule has 3 nitrogen and oxygen atoms in total. The van der Waals surface area contributed by atoms with Gasteiger partial charge in [-0.3, -0.25) is 0 Å². The number of benzene rings is 1. The second kappa shape index (κ2) is 8.31. The Morgan fingerprint density at radius 3 is 2.28 bits per heavy atom. The Balaban J connectivity index is 2.70. The van der Waals surface area contributed by atoms with Gasteiger partial charge in [0.25, 0.3) is 0 Å². The molecule has 18 heavy (non-hydrogen) atoms. The number of hydrogen-bond acceptors (Lipinski definition) is 3. The quantitative estimate of drug-likeness (QED) is 0.633. The second-order valence-corrected chi connectivity index (χ2v) is 5.49. The van der Waals surface area contributed by atoms with Gasteiger partial charge in [-0.25, -0.2) is 0 Å². The third-order valence-electron chi connectivity index (χ3n) is 2.11. The van der Waals surface area contributed by atoms with Gasteiger partial charge in [-0.05, 0) is 38.5 Å². The van der Waals surface area contributed by atoms with Gasteiger partial charge in [0.15, 0.2) is 0 Å². The van der Waals surface area contributed by atoms with Crippen LogP contribution in [0.15, 0.2) is 18.2 Å². The van der Waals surface area contributed by atoms with Crippen molar-refractivity contribution in [2.45, 2.75) is 26.9 Å². The lowest BCUT2D eigenvalue weighted by Gasteiger charge is -2.20. The molecule has 1 atom stereocenters. The maximum absolute atomic E-state index is 6.12. The fourth-order valence-electron chi connectivity index (χ4n) is 1.33. The topological polar surface area (TPSA) is 27.7 Å². The molecular formula is C12H17Cl2O3P. The Bertz CT molecular complexity index is 370. The molecule has 0 heterocycles. The summed E-state index contributed by atoms with van der Waals surface area (Å²) in [4.78, 5) is 0. The third-order valence-corrected chi connectivity index (χ3v) is 4.10. The van der Waals surface area contributed by atoms with Gasteiger partial charge in [0.05, 0.1) is 19.3 Å². The first-order valence-corrected chi connectivity index (χ1v) is 7.61. The molecule has 0 aliphatic carbocycles. The minimum absolute atomic E-state index is 0.209. The monoisotopic (exact) mass is 310 g/mol. The summed E-state index contributed by atoms with van der Waals surface area (Å²) in [5, 5.41) is 1.19. The second-order valence-electron chi connectivity index (χ2n) is 3.47. The van der Waals surface area contributed by atoms with Crippen molar-refractivity contribution in [3.63, 3.8) is 0 Å². The summed E-state index contributed by atoms with van der Waals surface area (Å²) in [6, 6.07) is 5.33. The molecule has 0 N–H and O–H groups in total. The van der Waals surface area contributed by atoms with E-state index >= 15 is 0 Å². The van der Waals surface area contributed by atoms with E-state index in [1.165, 1.54) is 0 Å². The van der Waals surface area contributed by atoms with Gasteiger partial charge in [-0.2, -0.15) is 0 Å². The van der Waals surface area contributed by atoms with E-state index in [0.717, 1.165) is 5.56 Å². The van der Waals surface area contributed by atoms with Gasteiger partial charge >= 0.3 is 8.60 Å². The minimum Gasteiger partial charge on any atom is -0.313 e. The van der Waals surface area contributed by atoms with Crippen molar-refractivity contribution in [2.24, 2.45) is 0 Å². The van der Waals surface area contributed by atoms with E-state index < -0.39 is 8.60 Å². The highest BCUT2D eigenvalue weighted by atomic mass is 35.5. The molecule has 0 saturated carbocycles. The van der Waals surface area contributed by atoms with Crippen molar-refractivity contribution in [3.8, 4) is 0 Å². The SMILES string of the molecule is CCOP(OCC)OC(C)c1ccc(Cl)cc1Cl. The van der Waals surface area contributed by atoms with E-state index in [0.29, 0.717) is 23.3 Å². The zero-order valence-corrected chi connectivity index (χ0v) is 13.1. The fraction of sp³-hybridized carbons (Fsp3) is 0.500. The van der Waals surface area contributed by atoms with Crippen LogP contribution < -0.4 is 0 Å². The third kappa shape index (κ3) is 5.00. The van der Waals surface area contributed by atoms with Crippen LogP contribution >= 0.6 is 31.8 Å². The zero-order chi connectivity index (χ0) is 13.5. The Hall–Kier alpha value is 0.110. The van der Waals surface area contributed by atoms with Crippen molar-refractivity contribution >= 4 is 31.8 Å². The first kappa shape index (κ1) is 16.2. The van der Waals surface area contributed by atoms with Gasteiger partial charge < -0.3 is 13.6 Å². The lowest BCUT2D eigenvalue weighted by Crippen LogP contribution is -2.01. The van der Waals surface area contributed by atoms with Crippen LogP contribution in [0.2, 0.25) is 10.0 Å². The molecule has 0 saturated heterocycles. The van der Waals surface area contributed by atoms with Crippen molar-refractivity contribution in [2.75, 3.05) is 13.2 Å². The maximum atomic E-state index is 6.12. The lowest BCUT2D eigenvalue weighted by molar-refractivity contribution is 0.133. The van der Waals surface area contributed by atoms with Gasteiger partial charge in [0.2, 0.25) is 0 Å². The number of halogens is 2. The van der Waals surface area contributed by atoms with Gasteiger partial charge in [0, 0.05) is 10.0 Å². The fourth-order valence-corrected chi connectivity index (χ4v) is 2.88. The van der Waals surface area contributed by atoms with Gasteiger partial charge in [-0.15, -0.1) is 0 Å². The van der Waals surface area contributed by atoms with Crippen LogP contribution in [-0.4, -0.2) is 13.2 Å². The van der Waals surface area contributed by atoms with Crippen molar-refractivity contribution in [1.82, 2.24) is 0 Å². The van der Waals surface area contributed by atoms with Crippen molar-refractivity contribution < 1.29 is 13.6 Å². The van der Waals surface area contributed by atoms with E-state index in [1.807, 2.05) is 26.8 Å². The van der Waals surface area contributed by atoms with Crippen molar-refractivity contribution in [3.05, 3.63) is 33.8 Å². The lowest BCUT2D eigenvalue weighted by atomic mass is 10.1. The van der Waals surface area contributed by atoms with Gasteiger partial charge in [-0.1, -0.05) is 29.3 Å². The summed E-state index contributed by atoms with van der Waals surface area (Å²) in [6.45, 7) is 6.80. The van der Waals surface area contributed by atoms with Crippen LogP contribution in [0.1, 0.15) is 32.4 Å². The number of hydrogen-bond donors (Lipinski definition) is 0. The molecule has 0 spiro atoms. The minimum atomic E-state index is -1.34. The van der Waals surface area contributed by atoms with Crippen molar-refractivity contribution in [1.29, 1.82) is 0 Å².